The molecule has 0 saturated carbocycles. The number of hydrogen-bond acceptors (Lipinski definition) is 7. The number of pyridine rings is 1. The third-order valence-corrected chi connectivity index (χ3v) is 4.71. The minimum absolute atomic E-state index is 0.0136. The fourth-order valence-corrected chi connectivity index (χ4v) is 2.67. The highest BCUT2D eigenvalue weighted by atomic mass is 19.1. The van der Waals surface area contributed by atoms with Crippen molar-refractivity contribution in [1.82, 2.24) is 19.9 Å². The third-order valence-electron chi connectivity index (χ3n) is 4.71. The van der Waals surface area contributed by atoms with Crippen molar-refractivity contribution in [3.8, 4) is 28.6 Å². The predicted molar refractivity (Wildman–Crippen MR) is 115 cm³/mol. The van der Waals surface area contributed by atoms with Crippen LogP contribution in [0.15, 0.2) is 48.9 Å². The summed E-state index contributed by atoms with van der Waals surface area (Å²) >= 11 is 0. The Bertz CT molecular complexity index is 1050. The molecule has 9 heteroatoms. The van der Waals surface area contributed by atoms with Gasteiger partial charge in [-0.25, -0.2) is 4.39 Å². The van der Waals surface area contributed by atoms with Crippen molar-refractivity contribution in [2.24, 2.45) is 0 Å². The summed E-state index contributed by atoms with van der Waals surface area (Å²) in [6.07, 6.45) is 4.57. The van der Waals surface area contributed by atoms with Crippen LogP contribution in [-0.2, 0) is 4.79 Å². The van der Waals surface area contributed by atoms with Crippen molar-refractivity contribution in [2.45, 2.75) is 6.92 Å². The molecule has 1 amide bonds. The fraction of sp³-hybridized carbons (Fsp3) is 0.273. The smallest absolute Gasteiger partial charge is 0.239 e. The molecule has 0 aliphatic carbocycles. The summed E-state index contributed by atoms with van der Waals surface area (Å²) in [5, 5.41) is 0. The normalized spacial score (nSPS) is 10.5. The lowest BCUT2D eigenvalue weighted by atomic mass is 10.1. The Morgan fingerprint density at radius 2 is 1.90 bits per heavy atom. The molecule has 162 valence electrons. The number of methoxy groups -OCH3 is 1. The number of carbonyl (C=O) groups is 1. The molecular weight excluding hydrogens is 401 g/mol. The largest absolute Gasteiger partial charge is 0.495 e. The molecule has 3 rings (SSSR count). The number of amides is 1. The van der Waals surface area contributed by atoms with Crippen LogP contribution in [0.25, 0.3) is 11.3 Å². The van der Waals surface area contributed by atoms with Crippen LogP contribution in [0.1, 0.15) is 6.92 Å². The number of carbonyl (C=O) groups excluding carboxylic acids is 1. The first-order valence-electron chi connectivity index (χ1n) is 9.60. The number of hydrogen-bond donors (Lipinski definition) is 0. The second kappa shape index (κ2) is 9.84. The second-order valence-corrected chi connectivity index (χ2v) is 6.91. The molecule has 2 heterocycles. The minimum Gasteiger partial charge on any atom is -0.495 e. The van der Waals surface area contributed by atoms with Gasteiger partial charge in [0.05, 0.1) is 31.4 Å². The Kier molecular flexibility index (Phi) is 6.96. The lowest BCUT2D eigenvalue weighted by molar-refractivity contribution is -0.127. The zero-order valence-electron chi connectivity index (χ0n) is 17.9. The summed E-state index contributed by atoms with van der Waals surface area (Å²) in [7, 11) is 5.12. The molecule has 1 aromatic carbocycles. The van der Waals surface area contributed by atoms with Gasteiger partial charge in [-0.15, -0.1) is 0 Å². The van der Waals surface area contributed by atoms with Crippen molar-refractivity contribution in [1.29, 1.82) is 0 Å². The van der Waals surface area contributed by atoms with E-state index in [-0.39, 0.29) is 17.5 Å². The number of aromatic nitrogens is 3. The topological polar surface area (TPSA) is 80.7 Å². The van der Waals surface area contributed by atoms with E-state index >= 15 is 0 Å². The molecule has 0 fully saturated rings. The summed E-state index contributed by atoms with van der Waals surface area (Å²) in [6.45, 7) is 2.61. The highest BCUT2D eigenvalue weighted by Gasteiger charge is 2.12. The van der Waals surface area contributed by atoms with E-state index in [9.17, 15) is 9.18 Å². The fourth-order valence-electron chi connectivity index (χ4n) is 2.67. The molecule has 0 radical (unpaired) electrons. The van der Waals surface area contributed by atoms with Gasteiger partial charge in [-0.1, -0.05) is 0 Å². The van der Waals surface area contributed by atoms with Crippen LogP contribution in [0, 0.1) is 5.82 Å². The third kappa shape index (κ3) is 5.65. The van der Waals surface area contributed by atoms with E-state index in [0.717, 1.165) is 0 Å². The summed E-state index contributed by atoms with van der Waals surface area (Å²) in [5.74, 6) is 0.815. The molecule has 0 unspecified atom stereocenters. The average molecular weight is 425 g/mol. The minimum atomic E-state index is -0.543. The van der Waals surface area contributed by atoms with E-state index in [1.54, 1.807) is 49.7 Å². The first kappa shape index (κ1) is 21.9. The molecule has 31 heavy (non-hydrogen) atoms. The molecular formula is C22H24FN5O3. The maximum atomic E-state index is 14.6. The maximum absolute atomic E-state index is 14.6. The number of ether oxygens (including phenoxy) is 2. The number of rotatable bonds is 8. The standard InChI is InChI=1S/C22H24FN5O3/c1-15(29)27(2)9-10-28(3)21-13-24-14-22(26-21)31-20-8-5-16(11-18(20)23)19-7-6-17(30-4)12-25-19/h5-8,11-14H,9-10H2,1-4H3. The van der Waals surface area contributed by atoms with Gasteiger partial charge in [0.2, 0.25) is 11.8 Å². The van der Waals surface area contributed by atoms with Gasteiger partial charge in [0.1, 0.15) is 5.75 Å². The van der Waals surface area contributed by atoms with Crippen molar-refractivity contribution >= 4 is 11.7 Å². The molecule has 0 atom stereocenters. The van der Waals surface area contributed by atoms with Gasteiger partial charge >= 0.3 is 0 Å². The molecule has 0 aliphatic heterocycles. The predicted octanol–water partition coefficient (Wildman–Crippen LogP) is 3.39. The van der Waals surface area contributed by atoms with Gasteiger partial charge in [0.15, 0.2) is 17.4 Å². The van der Waals surface area contributed by atoms with E-state index < -0.39 is 5.82 Å². The Morgan fingerprint density at radius 1 is 1.10 bits per heavy atom. The van der Waals surface area contributed by atoms with Crippen molar-refractivity contribution in [3.63, 3.8) is 0 Å². The summed E-state index contributed by atoms with van der Waals surface area (Å²) in [6, 6.07) is 8.11. The lowest BCUT2D eigenvalue weighted by Crippen LogP contribution is -2.33. The Hall–Kier alpha value is -3.75. The monoisotopic (exact) mass is 425 g/mol. The number of benzene rings is 1. The van der Waals surface area contributed by atoms with E-state index in [2.05, 4.69) is 15.0 Å². The SMILES string of the molecule is COc1ccc(-c2ccc(Oc3cncc(N(C)CCN(C)C(C)=O)n3)c(F)c2)nc1. The van der Waals surface area contributed by atoms with Gasteiger partial charge in [-0.3, -0.25) is 14.8 Å². The summed E-state index contributed by atoms with van der Waals surface area (Å²) in [4.78, 5) is 27.6. The van der Waals surface area contributed by atoms with E-state index in [1.807, 2.05) is 11.9 Å². The van der Waals surface area contributed by atoms with Crippen molar-refractivity contribution < 1.29 is 18.7 Å². The van der Waals surface area contributed by atoms with Crippen LogP contribution in [-0.4, -0.2) is 60.1 Å². The molecule has 3 aromatic rings. The maximum Gasteiger partial charge on any atom is 0.239 e. The van der Waals surface area contributed by atoms with E-state index in [0.29, 0.717) is 35.9 Å². The molecule has 2 aromatic heterocycles. The van der Waals surface area contributed by atoms with Crippen LogP contribution in [0.4, 0.5) is 10.2 Å². The quantitative estimate of drug-likeness (QED) is 0.547. The van der Waals surface area contributed by atoms with E-state index in [4.69, 9.17) is 9.47 Å². The van der Waals surface area contributed by atoms with Crippen LogP contribution in [0.2, 0.25) is 0 Å². The molecule has 8 nitrogen and oxygen atoms in total. The molecule has 0 spiro atoms. The molecule has 0 N–H and O–H groups in total. The van der Waals surface area contributed by atoms with Gasteiger partial charge in [-0.05, 0) is 30.3 Å². The highest BCUT2D eigenvalue weighted by molar-refractivity contribution is 5.72. The molecule has 0 saturated heterocycles. The zero-order valence-corrected chi connectivity index (χ0v) is 17.9. The van der Waals surface area contributed by atoms with Crippen molar-refractivity contribution in [2.75, 3.05) is 39.2 Å². The number of likely N-dealkylation sites (N-methyl/N-ethyl adjacent to an activating group) is 2. The van der Waals surface area contributed by atoms with Crippen LogP contribution >= 0.6 is 0 Å². The average Bonchev–Trinajstić information content (AvgIpc) is 2.78. The number of halogens is 1. The van der Waals surface area contributed by atoms with Crippen LogP contribution < -0.4 is 14.4 Å². The molecule has 0 bridgehead atoms. The van der Waals surface area contributed by atoms with Gasteiger partial charge < -0.3 is 19.3 Å². The van der Waals surface area contributed by atoms with Gasteiger partial charge in [-0.2, -0.15) is 4.98 Å². The van der Waals surface area contributed by atoms with Crippen molar-refractivity contribution in [3.05, 3.63) is 54.7 Å². The Balaban J connectivity index is 1.70. The summed E-state index contributed by atoms with van der Waals surface area (Å²) in [5.41, 5.74) is 1.23. The Labute approximate surface area is 180 Å². The number of nitrogens with zero attached hydrogens (tertiary/aromatic N) is 5. The second-order valence-electron chi connectivity index (χ2n) is 6.91. The van der Waals surface area contributed by atoms with Crippen LogP contribution in [0.5, 0.6) is 17.4 Å². The first-order chi connectivity index (χ1) is 14.9. The van der Waals surface area contributed by atoms with Gasteiger partial charge in [0, 0.05) is 39.7 Å². The van der Waals surface area contributed by atoms with Crippen LogP contribution in [0.3, 0.4) is 0 Å². The molecule has 0 aliphatic rings. The number of anilines is 1. The lowest BCUT2D eigenvalue weighted by Gasteiger charge is -2.22. The van der Waals surface area contributed by atoms with Gasteiger partial charge in [0.25, 0.3) is 0 Å². The Morgan fingerprint density at radius 3 is 2.55 bits per heavy atom. The first-order valence-corrected chi connectivity index (χ1v) is 9.60. The summed E-state index contributed by atoms with van der Waals surface area (Å²) < 4.78 is 25.3. The van der Waals surface area contributed by atoms with E-state index in [1.165, 1.54) is 25.3 Å². The zero-order chi connectivity index (χ0) is 22.4. The highest BCUT2D eigenvalue weighted by Crippen LogP contribution is 2.28.